The van der Waals surface area contributed by atoms with Gasteiger partial charge in [-0.3, -0.25) is 0 Å². The topological polar surface area (TPSA) is 142 Å². The predicted octanol–water partition coefficient (Wildman–Crippen LogP) is 1.10. The average molecular weight is 385 g/mol. The first-order valence-corrected chi connectivity index (χ1v) is 9.72. The Morgan fingerprint density at radius 3 is 2.89 bits per heavy atom. The van der Waals surface area contributed by atoms with Crippen molar-refractivity contribution in [2.45, 2.75) is 11.5 Å². The third-order valence-electron chi connectivity index (χ3n) is 3.92. The fraction of sp³-hybridized carbons (Fsp3) is 0.125. The third-order valence-corrected chi connectivity index (χ3v) is 5.10. The number of pyridine rings is 1. The Hall–Kier alpha value is -3.47. The second kappa shape index (κ2) is 6.36. The summed E-state index contributed by atoms with van der Waals surface area (Å²) in [5.74, 6) is 0.603. The van der Waals surface area contributed by atoms with E-state index in [9.17, 15) is 8.42 Å². The highest BCUT2D eigenvalue weighted by molar-refractivity contribution is 7.90. The second-order valence-electron chi connectivity index (χ2n) is 5.88. The van der Waals surface area contributed by atoms with Gasteiger partial charge in [0.2, 0.25) is 0 Å². The van der Waals surface area contributed by atoms with Crippen molar-refractivity contribution in [2.75, 3.05) is 12.0 Å². The van der Waals surface area contributed by atoms with Crippen molar-refractivity contribution in [1.29, 1.82) is 0 Å². The number of rotatable bonds is 5. The largest absolute Gasteiger partial charge is 0.486 e. The number of anilines is 1. The minimum absolute atomic E-state index is 0.0119. The number of nitrogens with zero attached hydrogens (tertiary/aromatic N) is 5. The maximum absolute atomic E-state index is 12.3. The maximum atomic E-state index is 12.3. The van der Waals surface area contributed by atoms with E-state index in [1.165, 1.54) is 6.07 Å². The van der Waals surface area contributed by atoms with Crippen LogP contribution in [0.3, 0.4) is 0 Å². The molecule has 4 aromatic rings. The first-order chi connectivity index (χ1) is 12.9. The number of benzene rings is 1. The van der Waals surface area contributed by atoms with Crippen LogP contribution in [-0.2, 0) is 16.4 Å². The number of sulfone groups is 1. The van der Waals surface area contributed by atoms with Crippen molar-refractivity contribution in [3.05, 3.63) is 48.5 Å². The second-order valence-corrected chi connectivity index (χ2v) is 7.86. The molecule has 0 aliphatic rings. The third kappa shape index (κ3) is 3.31. The van der Waals surface area contributed by atoms with Crippen LogP contribution < -0.4 is 10.5 Å². The molecule has 3 N–H and O–H groups in total. The van der Waals surface area contributed by atoms with Crippen molar-refractivity contribution < 1.29 is 13.2 Å². The van der Waals surface area contributed by atoms with Crippen molar-refractivity contribution >= 4 is 26.8 Å². The Labute approximate surface area is 153 Å². The van der Waals surface area contributed by atoms with Crippen LogP contribution in [0.4, 0.5) is 5.82 Å². The lowest BCUT2D eigenvalue weighted by atomic mass is 10.2. The Kier molecular flexibility index (Phi) is 4.00. The van der Waals surface area contributed by atoms with Crippen LogP contribution in [0.5, 0.6) is 5.75 Å². The lowest BCUT2D eigenvalue weighted by Crippen LogP contribution is -2.07. The number of fused-ring (bicyclic) bond motifs is 1. The molecule has 0 radical (unpaired) electrons. The predicted molar refractivity (Wildman–Crippen MR) is 97.1 cm³/mol. The summed E-state index contributed by atoms with van der Waals surface area (Å²) in [5, 5.41) is 10.2. The zero-order valence-electron chi connectivity index (χ0n) is 14.2. The number of aromatic amines is 1. The van der Waals surface area contributed by atoms with E-state index >= 15 is 0 Å². The van der Waals surface area contributed by atoms with Crippen molar-refractivity contribution in [1.82, 2.24) is 29.9 Å². The zero-order valence-corrected chi connectivity index (χ0v) is 15.0. The van der Waals surface area contributed by atoms with Gasteiger partial charge in [0.25, 0.3) is 0 Å². The molecule has 0 aliphatic carbocycles. The van der Waals surface area contributed by atoms with E-state index in [0.29, 0.717) is 28.2 Å². The lowest BCUT2D eigenvalue weighted by molar-refractivity contribution is 0.306. The highest BCUT2D eigenvalue weighted by Crippen LogP contribution is 2.26. The summed E-state index contributed by atoms with van der Waals surface area (Å²) < 4.78 is 32.1. The number of nitrogens with one attached hydrogen (secondary N) is 1. The number of nitrogens with two attached hydrogens (primary N) is 1. The van der Waals surface area contributed by atoms with Gasteiger partial charge in [-0.1, -0.05) is 11.3 Å². The Morgan fingerprint density at radius 2 is 2.15 bits per heavy atom. The van der Waals surface area contributed by atoms with E-state index in [1.807, 2.05) is 0 Å². The summed E-state index contributed by atoms with van der Waals surface area (Å²) in [6.45, 7) is 0.0119. The number of H-pyrrole nitrogens is 1. The summed E-state index contributed by atoms with van der Waals surface area (Å²) in [7, 11) is -3.48. The molecule has 0 bridgehead atoms. The van der Waals surface area contributed by atoms with Gasteiger partial charge in [-0.25, -0.2) is 23.5 Å². The minimum atomic E-state index is -3.48. The van der Waals surface area contributed by atoms with Crippen LogP contribution in [0.25, 0.3) is 16.9 Å². The van der Waals surface area contributed by atoms with Crippen molar-refractivity contribution in [2.24, 2.45) is 0 Å². The van der Waals surface area contributed by atoms with Crippen LogP contribution in [0.15, 0.2) is 47.9 Å². The summed E-state index contributed by atoms with van der Waals surface area (Å²) in [4.78, 5) is 8.21. The molecule has 0 fully saturated rings. The van der Waals surface area contributed by atoms with E-state index in [4.69, 9.17) is 10.5 Å². The molecule has 0 aliphatic heterocycles. The van der Waals surface area contributed by atoms with Crippen molar-refractivity contribution in [3.63, 3.8) is 0 Å². The highest BCUT2D eigenvalue weighted by Gasteiger charge is 2.17. The SMILES string of the molecule is CS(=O)(=O)c1cc(-n2ccnc2)ccc1COc1cc(N)nc2[nH]nnc12. The molecular weight excluding hydrogens is 370 g/mol. The monoisotopic (exact) mass is 385 g/mol. The van der Waals surface area contributed by atoms with Gasteiger partial charge in [-0.2, -0.15) is 0 Å². The van der Waals surface area contributed by atoms with Gasteiger partial charge in [0.05, 0.1) is 11.2 Å². The fourth-order valence-corrected chi connectivity index (χ4v) is 3.61. The molecule has 10 nitrogen and oxygen atoms in total. The van der Waals surface area contributed by atoms with Gasteiger partial charge >= 0.3 is 0 Å². The van der Waals surface area contributed by atoms with Gasteiger partial charge in [0.15, 0.2) is 26.8 Å². The van der Waals surface area contributed by atoms with Crippen LogP contribution in [0.2, 0.25) is 0 Å². The molecular formula is C16H15N7O3S. The highest BCUT2D eigenvalue weighted by atomic mass is 32.2. The Bertz CT molecular complexity index is 1220. The van der Waals surface area contributed by atoms with Gasteiger partial charge in [-0.05, 0) is 12.1 Å². The molecule has 0 spiro atoms. The average Bonchev–Trinajstić information content (AvgIpc) is 3.30. The van der Waals surface area contributed by atoms with E-state index in [1.54, 1.807) is 41.5 Å². The molecule has 3 heterocycles. The van der Waals surface area contributed by atoms with E-state index in [0.717, 1.165) is 6.26 Å². The summed E-state index contributed by atoms with van der Waals surface area (Å²) in [6, 6.07) is 6.60. The number of imidazole rings is 1. The number of nitrogen functional groups attached to an aromatic ring is 1. The van der Waals surface area contributed by atoms with Gasteiger partial charge in [-0.15, -0.1) is 5.10 Å². The quantitative estimate of drug-likeness (QED) is 0.520. The summed E-state index contributed by atoms with van der Waals surface area (Å²) in [5.41, 5.74) is 7.76. The normalized spacial score (nSPS) is 11.7. The van der Waals surface area contributed by atoms with Crippen LogP contribution in [0.1, 0.15) is 5.56 Å². The molecule has 1 aromatic carbocycles. The van der Waals surface area contributed by atoms with Gasteiger partial charge in [0.1, 0.15) is 12.4 Å². The molecule has 4 rings (SSSR count). The number of hydrogen-bond acceptors (Lipinski definition) is 8. The molecule has 11 heteroatoms. The zero-order chi connectivity index (χ0) is 19.0. The first kappa shape index (κ1) is 17.0. The summed E-state index contributed by atoms with van der Waals surface area (Å²) >= 11 is 0. The molecule has 0 saturated heterocycles. The van der Waals surface area contributed by atoms with E-state index < -0.39 is 9.84 Å². The molecule has 27 heavy (non-hydrogen) atoms. The van der Waals surface area contributed by atoms with Gasteiger partial charge < -0.3 is 15.0 Å². The fourth-order valence-electron chi connectivity index (χ4n) is 2.68. The van der Waals surface area contributed by atoms with E-state index in [2.05, 4.69) is 25.4 Å². The Morgan fingerprint density at radius 1 is 1.30 bits per heavy atom. The van der Waals surface area contributed by atoms with Crippen molar-refractivity contribution in [3.8, 4) is 11.4 Å². The number of ether oxygens (including phenoxy) is 1. The van der Waals surface area contributed by atoms with Gasteiger partial charge in [0, 0.05) is 36.0 Å². The lowest BCUT2D eigenvalue weighted by Gasteiger charge is -2.12. The molecule has 0 saturated carbocycles. The Balaban J connectivity index is 1.70. The number of hydrogen-bond donors (Lipinski definition) is 2. The minimum Gasteiger partial charge on any atom is -0.486 e. The van der Waals surface area contributed by atoms with Crippen LogP contribution in [0, 0.1) is 0 Å². The molecule has 0 unspecified atom stereocenters. The summed E-state index contributed by atoms with van der Waals surface area (Å²) in [6.07, 6.45) is 6.11. The molecule has 3 aromatic heterocycles. The van der Waals surface area contributed by atoms with Crippen LogP contribution >= 0.6 is 0 Å². The first-order valence-electron chi connectivity index (χ1n) is 7.83. The number of aromatic nitrogens is 6. The van der Waals surface area contributed by atoms with Crippen LogP contribution in [-0.4, -0.2) is 44.6 Å². The molecule has 138 valence electrons. The maximum Gasteiger partial charge on any atom is 0.181 e. The standard InChI is InChI=1S/C16H15N7O3S/c1-27(24,25)13-6-11(23-5-4-18-9-23)3-2-10(13)8-26-12-7-14(17)19-16-15(12)20-22-21-16/h2-7,9H,8H2,1H3,(H3,17,19,20,21,22). The van der Waals surface area contributed by atoms with E-state index in [-0.39, 0.29) is 17.3 Å². The molecule has 0 atom stereocenters. The smallest absolute Gasteiger partial charge is 0.181 e. The molecule has 0 amide bonds.